The molecule has 32 heavy (non-hydrogen) atoms. The molecule has 1 saturated heterocycles. The van der Waals surface area contributed by atoms with Crippen LogP contribution in [-0.4, -0.2) is 34.9 Å². The number of carbonyl (C=O) groups excluding carboxylic acids is 2. The monoisotopic (exact) mass is 428 g/mol. The number of methoxy groups -OCH3 is 1. The minimum atomic E-state index is -0.440. The largest absolute Gasteiger partial charge is 0.497 e. The molecule has 0 spiro atoms. The zero-order valence-electron chi connectivity index (χ0n) is 18.3. The summed E-state index contributed by atoms with van der Waals surface area (Å²) in [5.74, 6) is 0.723. The van der Waals surface area contributed by atoms with Crippen molar-refractivity contribution in [2.24, 2.45) is 0 Å². The topological polar surface area (TPSA) is 49.9 Å². The van der Waals surface area contributed by atoms with E-state index in [0.717, 1.165) is 29.7 Å². The van der Waals surface area contributed by atoms with Gasteiger partial charge in [-0.2, -0.15) is 0 Å². The quantitative estimate of drug-likeness (QED) is 0.448. The van der Waals surface area contributed by atoms with Crippen LogP contribution in [0.3, 0.4) is 0 Å². The van der Waals surface area contributed by atoms with Gasteiger partial charge in [0.15, 0.2) is 0 Å². The van der Waals surface area contributed by atoms with Crippen molar-refractivity contribution < 1.29 is 14.3 Å². The van der Waals surface area contributed by atoms with E-state index in [2.05, 4.69) is 0 Å². The first-order valence-corrected chi connectivity index (χ1v) is 11.0. The molecule has 3 amide bonds. The second-order valence-corrected chi connectivity index (χ2v) is 8.06. The highest BCUT2D eigenvalue weighted by Crippen LogP contribution is 2.26. The summed E-state index contributed by atoms with van der Waals surface area (Å²) in [5.41, 5.74) is 3.17. The summed E-state index contributed by atoms with van der Waals surface area (Å²) < 4.78 is 5.22. The molecule has 0 bridgehead atoms. The molecule has 4 rings (SSSR count). The fraction of sp³-hybridized carbons (Fsp3) is 0.259. The number of benzene rings is 3. The Hall–Kier alpha value is -3.60. The zero-order chi connectivity index (χ0) is 22.3. The van der Waals surface area contributed by atoms with Crippen LogP contribution in [0, 0.1) is 0 Å². The van der Waals surface area contributed by atoms with Gasteiger partial charge in [-0.15, -0.1) is 0 Å². The lowest BCUT2D eigenvalue weighted by molar-refractivity contribution is -0.128. The highest BCUT2D eigenvalue weighted by molar-refractivity contribution is 6.04. The Balaban J connectivity index is 1.48. The highest BCUT2D eigenvalue weighted by Gasteiger charge is 2.44. The van der Waals surface area contributed by atoms with E-state index in [9.17, 15) is 9.59 Å². The third kappa shape index (κ3) is 4.99. The Labute approximate surface area is 189 Å². The molecule has 0 radical (unpaired) electrons. The molecular weight excluding hydrogens is 400 g/mol. The number of hydrogen-bond donors (Lipinski definition) is 0. The summed E-state index contributed by atoms with van der Waals surface area (Å²) in [6, 6.07) is 26.9. The van der Waals surface area contributed by atoms with Gasteiger partial charge >= 0.3 is 6.03 Å². The van der Waals surface area contributed by atoms with E-state index in [1.807, 2.05) is 84.9 Å². The van der Waals surface area contributed by atoms with Crippen molar-refractivity contribution in [2.75, 3.05) is 7.11 Å². The molecule has 1 aliphatic rings. The summed E-state index contributed by atoms with van der Waals surface area (Å²) in [5, 5.41) is 0. The van der Waals surface area contributed by atoms with Gasteiger partial charge in [-0.3, -0.25) is 9.69 Å². The fourth-order valence-corrected chi connectivity index (χ4v) is 4.14. The van der Waals surface area contributed by atoms with Gasteiger partial charge < -0.3 is 9.64 Å². The Bertz CT molecular complexity index is 1040. The zero-order valence-corrected chi connectivity index (χ0v) is 18.3. The Morgan fingerprint density at radius 3 is 1.94 bits per heavy atom. The third-order valence-electron chi connectivity index (χ3n) is 5.89. The van der Waals surface area contributed by atoms with Crippen molar-refractivity contribution >= 4 is 11.9 Å². The van der Waals surface area contributed by atoms with Gasteiger partial charge in [0.2, 0.25) is 0 Å². The Morgan fingerprint density at radius 2 is 1.34 bits per heavy atom. The Morgan fingerprint density at radius 1 is 0.750 bits per heavy atom. The standard InChI is InChI=1S/C27H28N2O3/c1-32-24-17-15-21(16-18-24)13-8-14-25-26(30)29(20-23-11-6-3-7-12-23)27(31)28(25)19-22-9-4-2-5-10-22/h2-7,9-12,15-18,25H,8,13-14,19-20H2,1H3. The van der Waals surface area contributed by atoms with Crippen LogP contribution < -0.4 is 4.74 Å². The van der Waals surface area contributed by atoms with Gasteiger partial charge in [0.25, 0.3) is 5.91 Å². The third-order valence-corrected chi connectivity index (χ3v) is 5.89. The number of imide groups is 1. The summed E-state index contributed by atoms with van der Waals surface area (Å²) in [6.45, 7) is 0.739. The summed E-state index contributed by atoms with van der Waals surface area (Å²) in [4.78, 5) is 29.7. The fourth-order valence-electron chi connectivity index (χ4n) is 4.14. The summed E-state index contributed by atoms with van der Waals surface area (Å²) >= 11 is 0. The molecule has 3 aromatic carbocycles. The molecule has 1 atom stereocenters. The first-order chi connectivity index (χ1) is 15.7. The number of urea groups is 1. The van der Waals surface area contributed by atoms with Crippen molar-refractivity contribution in [1.29, 1.82) is 0 Å². The maximum absolute atomic E-state index is 13.3. The van der Waals surface area contributed by atoms with E-state index >= 15 is 0 Å². The molecule has 1 aliphatic heterocycles. The van der Waals surface area contributed by atoms with Crippen LogP contribution in [0.2, 0.25) is 0 Å². The molecule has 1 fully saturated rings. The van der Waals surface area contributed by atoms with Crippen molar-refractivity contribution in [3.05, 3.63) is 102 Å². The highest BCUT2D eigenvalue weighted by atomic mass is 16.5. The smallest absolute Gasteiger partial charge is 0.328 e. The number of hydrogen-bond acceptors (Lipinski definition) is 3. The van der Waals surface area contributed by atoms with Gasteiger partial charge in [-0.05, 0) is 48.1 Å². The van der Waals surface area contributed by atoms with Crippen molar-refractivity contribution in [3.63, 3.8) is 0 Å². The van der Waals surface area contributed by atoms with Crippen LogP contribution >= 0.6 is 0 Å². The molecule has 5 heteroatoms. The lowest BCUT2D eigenvalue weighted by Gasteiger charge is -2.22. The van der Waals surface area contributed by atoms with Crippen LogP contribution in [-0.2, 0) is 24.3 Å². The minimum absolute atomic E-state index is 0.107. The van der Waals surface area contributed by atoms with Crippen molar-refractivity contribution in [3.8, 4) is 5.75 Å². The van der Waals surface area contributed by atoms with Gasteiger partial charge in [0, 0.05) is 6.54 Å². The molecule has 0 aliphatic carbocycles. The molecule has 0 aromatic heterocycles. The predicted molar refractivity (Wildman–Crippen MR) is 124 cm³/mol. The molecule has 3 aromatic rings. The van der Waals surface area contributed by atoms with E-state index < -0.39 is 6.04 Å². The number of amides is 3. The predicted octanol–water partition coefficient (Wildman–Crippen LogP) is 5.05. The van der Waals surface area contributed by atoms with Crippen molar-refractivity contribution in [2.45, 2.75) is 38.4 Å². The molecular formula is C27H28N2O3. The van der Waals surface area contributed by atoms with Crippen molar-refractivity contribution in [1.82, 2.24) is 9.80 Å². The van der Waals surface area contributed by atoms with Gasteiger partial charge in [-0.1, -0.05) is 72.8 Å². The van der Waals surface area contributed by atoms with Crippen LogP contribution in [0.4, 0.5) is 4.79 Å². The molecule has 0 N–H and O–H groups in total. The number of ether oxygens (including phenoxy) is 1. The summed E-state index contributed by atoms with van der Waals surface area (Å²) in [6.07, 6.45) is 2.30. The van der Waals surface area contributed by atoms with E-state index in [1.54, 1.807) is 12.0 Å². The number of rotatable bonds is 9. The van der Waals surface area contributed by atoms with Crippen LogP contribution in [0.5, 0.6) is 5.75 Å². The molecule has 0 saturated carbocycles. The van der Waals surface area contributed by atoms with Crippen LogP contribution in [0.1, 0.15) is 29.5 Å². The van der Waals surface area contributed by atoms with Crippen LogP contribution in [0.25, 0.3) is 0 Å². The lowest BCUT2D eigenvalue weighted by Crippen LogP contribution is -2.34. The SMILES string of the molecule is COc1ccc(CCCC2C(=O)N(Cc3ccccc3)C(=O)N2Cc2ccccc2)cc1. The van der Waals surface area contributed by atoms with E-state index in [4.69, 9.17) is 4.74 Å². The number of nitrogens with zero attached hydrogens (tertiary/aromatic N) is 2. The molecule has 1 unspecified atom stereocenters. The summed E-state index contributed by atoms with van der Waals surface area (Å²) in [7, 11) is 1.65. The average Bonchev–Trinajstić information content (AvgIpc) is 3.05. The first kappa shape index (κ1) is 21.6. The van der Waals surface area contributed by atoms with Gasteiger partial charge in [0.1, 0.15) is 11.8 Å². The van der Waals surface area contributed by atoms with Gasteiger partial charge in [0.05, 0.1) is 13.7 Å². The molecule has 164 valence electrons. The lowest BCUT2D eigenvalue weighted by atomic mass is 10.0. The maximum atomic E-state index is 13.3. The van der Waals surface area contributed by atoms with E-state index in [0.29, 0.717) is 19.5 Å². The number of carbonyl (C=O) groups is 2. The Kier molecular flexibility index (Phi) is 6.85. The average molecular weight is 429 g/mol. The van der Waals surface area contributed by atoms with E-state index in [1.165, 1.54) is 10.5 Å². The second-order valence-electron chi connectivity index (χ2n) is 8.06. The maximum Gasteiger partial charge on any atom is 0.328 e. The number of aryl methyl sites for hydroxylation is 1. The van der Waals surface area contributed by atoms with E-state index in [-0.39, 0.29) is 11.9 Å². The molecule has 5 nitrogen and oxygen atoms in total. The molecule has 1 heterocycles. The normalized spacial score (nSPS) is 16.0. The first-order valence-electron chi connectivity index (χ1n) is 11.0. The minimum Gasteiger partial charge on any atom is -0.497 e. The second kappa shape index (κ2) is 10.1. The van der Waals surface area contributed by atoms with Crippen LogP contribution in [0.15, 0.2) is 84.9 Å². The van der Waals surface area contributed by atoms with Gasteiger partial charge in [-0.25, -0.2) is 4.79 Å².